The lowest BCUT2D eigenvalue weighted by Gasteiger charge is -2.41. The standard InChI is InChI=1S/C49H93NO11S/c1-3-5-7-9-11-13-15-17-19-20-21-22-23-24-25-27-29-31-33-35-37-39-45(53)50-42(41-59-49-47(55)48(61-62(56,57)58)46(54)44(40-51)60-49)43(52)38-36-34-32-30-28-26-18-16-14-12-10-8-6-4-2/h22-23,36,38,42-44,46-49,51-52,54-55H,3-21,24-35,37,39-41H2,1-2H3,(H,50,53)(H,56,57,58)/b23-22-,38-36+. The Morgan fingerprint density at radius 1 is 0.629 bits per heavy atom. The number of carbonyl (C=O) groups excluding carboxylic acids is 1. The minimum Gasteiger partial charge on any atom is -0.394 e. The summed E-state index contributed by atoms with van der Waals surface area (Å²) in [6, 6.07) is -0.944. The second kappa shape index (κ2) is 39.9. The van der Waals surface area contributed by atoms with Crippen LogP contribution in [0.3, 0.4) is 0 Å². The van der Waals surface area contributed by atoms with Crippen LogP contribution in [0.5, 0.6) is 0 Å². The van der Waals surface area contributed by atoms with E-state index in [1.807, 2.05) is 6.08 Å². The van der Waals surface area contributed by atoms with Gasteiger partial charge in [-0.15, -0.1) is 0 Å². The van der Waals surface area contributed by atoms with E-state index in [0.717, 1.165) is 44.9 Å². The average molecular weight is 904 g/mol. The zero-order chi connectivity index (χ0) is 45.5. The summed E-state index contributed by atoms with van der Waals surface area (Å²) in [5.74, 6) is -0.266. The molecule has 0 aromatic carbocycles. The van der Waals surface area contributed by atoms with Gasteiger partial charge in [-0.3, -0.25) is 9.35 Å². The fraction of sp³-hybridized carbons (Fsp3) is 0.898. The number of ether oxygens (including phenoxy) is 2. The van der Waals surface area contributed by atoms with Gasteiger partial charge in [0.2, 0.25) is 5.91 Å². The van der Waals surface area contributed by atoms with Crippen LogP contribution in [0.1, 0.15) is 226 Å². The van der Waals surface area contributed by atoms with Gasteiger partial charge in [0.05, 0.1) is 25.4 Å². The normalized spacial score (nSPS) is 20.7. The third kappa shape index (κ3) is 32.3. The number of amides is 1. The summed E-state index contributed by atoms with van der Waals surface area (Å²) in [7, 11) is -5.08. The van der Waals surface area contributed by atoms with Crippen molar-refractivity contribution in [3.05, 3.63) is 24.3 Å². The highest BCUT2D eigenvalue weighted by molar-refractivity contribution is 7.80. The summed E-state index contributed by atoms with van der Waals surface area (Å²) >= 11 is 0. The van der Waals surface area contributed by atoms with Crippen LogP contribution in [0.25, 0.3) is 0 Å². The van der Waals surface area contributed by atoms with E-state index < -0.39 is 59.9 Å². The summed E-state index contributed by atoms with van der Waals surface area (Å²) < 4.78 is 47.6. The minimum atomic E-state index is -5.08. The van der Waals surface area contributed by atoms with Crippen LogP contribution in [0.2, 0.25) is 0 Å². The fourth-order valence-corrected chi connectivity index (χ4v) is 8.55. The molecule has 7 atom stereocenters. The van der Waals surface area contributed by atoms with Crippen molar-refractivity contribution in [2.45, 2.75) is 269 Å². The summed E-state index contributed by atoms with van der Waals surface area (Å²) in [4.78, 5) is 13.1. The monoisotopic (exact) mass is 904 g/mol. The molecule has 1 fully saturated rings. The van der Waals surface area contributed by atoms with Gasteiger partial charge in [0.25, 0.3) is 0 Å². The topological polar surface area (TPSA) is 192 Å². The van der Waals surface area contributed by atoms with Crippen molar-refractivity contribution >= 4 is 16.3 Å². The van der Waals surface area contributed by atoms with Gasteiger partial charge in [-0.25, -0.2) is 4.18 Å². The van der Waals surface area contributed by atoms with Crippen molar-refractivity contribution in [2.75, 3.05) is 13.2 Å². The van der Waals surface area contributed by atoms with Crippen molar-refractivity contribution in [3.8, 4) is 0 Å². The molecule has 6 N–H and O–H groups in total. The molecule has 1 aliphatic rings. The Morgan fingerprint density at radius 2 is 1.03 bits per heavy atom. The fourth-order valence-electron chi connectivity index (χ4n) is 8.04. The first kappa shape index (κ1) is 58.6. The van der Waals surface area contributed by atoms with Gasteiger partial charge in [0, 0.05) is 6.42 Å². The Hall–Kier alpha value is -1.42. The molecule has 1 heterocycles. The molecule has 13 heteroatoms. The first-order valence-electron chi connectivity index (χ1n) is 25.2. The molecule has 0 aromatic heterocycles. The van der Waals surface area contributed by atoms with Crippen LogP contribution >= 0.6 is 0 Å². The average Bonchev–Trinajstić information content (AvgIpc) is 3.24. The van der Waals surface area contributed by atoms with Crippen LogP contribution in [-0.4, -0.2) is 95.4 Å². The molecular formula is C49H93NO11S. The van der Waals surface area contributed by atoms with Crippen molar-refractivity contribution in [2.24, 2.45) is 0 Å². The zero-order valence-electron chi connectivity index (χ0n) is 39.2. The highest BCUT2D eigenvalue weighted by Gasteiger charge is 2.48. The molecular weight excluding hydrogens is 811 g/mol. The van der Waals surface area contributed by atoms with E-state index in [2.05, 4.69) is 35.5 Å². The Morgan fingerprint density at radius 3 is 1.45 bits per heavy atom. The number of hydrogen-bond acceptors (Lipinski definition) is 10. The summed E-state index contributed by atoms with van der Waals surface area (Å²) in [6.45, 7) is 3.39. The van der Waals surface area contributed by atoms with Crippen LogP contribution in [0.15, 0.2) is 24.3 Å². The molecule has 0 spiro atoms. The van der Waals surface area contributed by atoms with Gasteiger partial charge in [0.15, 0.2) is 6.29 Å². The first-order valence-corrected chi connectivity index (χ1v) is 26.6. The Labute approximate surface area is 378 Å². The second-order valence-electron chi connectivity index (χ2n) is 17.8. The molecule has 1 amide bonds. The molecule has 0 bridgehead atoms. The molecule has 1 rings (SSSR count). The maximum Gasteiger partial charge on any atom is 0.397 e. The first-order chi connectivity index (χ1) is 30.0. The molecule has 12 nitrogen and oxygen atoms in total. The third-order valence-corrected chi connectivity index (χ3v) is 12.4. The molecule has 0 radical (unpaired) electrons. The minimum absolute atomic E-state index is 0.265. The van der Waals surface area contributed by atoms with E-state index in [-0.39, 0.29) is 18.9 Å². The predicted molar refractivity (Wildman–Crippen MR) is 250 cm³/mol. The van der Waals surface area contributed by atoms with Crippen LogP contribution in [-0.2, 0) is 28.9 Å². The van der Waals surface area contributed by atoms with Gasteiger partial charge in [0.1, 0.15) is 24.4 Å². The van der Waals surface area contributed by atoms with Crippen molar-refractivity contribution in [1.29, 1.82) is 0 Å². The van der Waals surface area contributed by atoms with Crippen LogP contribution < -0.4 is 5.32 Å². The lowest BCUT2D eigenvalue weighted by Crippen LogP contribution is -2.61. The molecule has 1 aliphatic heterocycles. The molecule has 0 saturated carbocycles. The van der Waals surface area contributed by atoms with E-state index in [9.17, 15) is 38.2 Å². The molecule has 7 unspecified atom stereocenters. The Kier molecular flexibility index (Phi) is 37.7. The lowest BCUT2D eigenvalue weighted by atomic mass is 9.99. The summed E-state index contributed by atoms with van der Waals surface area (Å²) in [5.41, 5.74) is 0. The number of hydrogen-bond donors (Lipinski definition) is 6. The van der Waals surface area contributed by atoms with Gasteiger partial charge in [-0.05, 0) is 44.9 Å². The van der Waals surface area contributed by atoms with Crippen molar-refractivity contribution in [1.82, 2.24) is 5.32 Å². The number of aliphatic hydroxyl groups excluding tert-OH is 4. The smallest absolute Gasteiger partial charge is 0.394 e. The number of nitrogens with one attached hydrogen (secondary N) is 1. The maximum absolute atomic E-state index is 13.1. The molecule has 1 saturated heterocycles. The van der Waals surface area contributed by atoms with E-state index in [1.165, 1.54) is 154 Å². The highest BCUT2D eigenvalue weighted by Crippen LogP contribution is 2.26. The van der Waals surface area contributed by atoms with Gasteiger partial charge in [-0.1, -0.05) is 199 Å². The summed E-state index contributed by atoms with van der Waals surface area (Å²) in [5, 5.41) is 44.8. The molecule has 366 valence electrons. The number of unbranched alkanes of at least 4 members (excludes halogenated alkanes) is 29. The van der Waals surface area contributed by atoms with Crippen molar-refractivity contribution in [3.63, 3.8) is 0 Å². The van der Waals surface area contributed by atoms with E-state index in [1.54, 1.807) is 6.08 Å². The van der Waals surface area contributed by atoms with Gasteiger partial charge >= 0.3 is 10.4 Å². The van der Waals surface area contributed by atoms with Gasteiger partial charge < -0.3 is 35.2 Å². The Balaban J connectivity index is 2.45. The maximum atomic E-state index is 13.1. The number of carbonyl (C=O) groups is 1. The van der Waals surface area contributed by atoms with Crippen LogP contribution in [0, 0.1) is 0 Å². The van der Waals surface area contributed by atoms with Gasteiger partial charge in [-0.2, -0.15) is 8.42 Å². The molecule has 0 aromatic rings. The zero-order valence-corrected chi connectivity index (χ0v) is 40.0. The number of aliphatic hydroxyl groups is 4. The third-order valence-electron chi connectivity index (χ3n) is 12.0. The van der Waals surface area contributed by atoms with Crippen LogP contribution in [0.4, 0.5) is 0 Å². The second-order valence-corrected chi connectivity index (χ2v) is 18.8. The number of allylic oxidation sites excluding steroid dienone is 3. The SMILES string of the molecule is CCCCCCCCCCCC/C=C\CCCCCCCCCC(=O)NC(COC1OC(CO)C(O)C(OS(=O)(=O)O)C1O)C(O)/C=C/CCCCCCCCCCCCCC. The predicted octanol–water partition coefficient (Wildman–Crippen LogP) is 10.5. The van der Waals surface area contributed by atoms with Crippen molar-refractivity contribution < 1.29 is 51.8 Å². The number of rotatable bonds is 43. The quantitative estimate of drug-likeness (QED) is 0.0194. The highest BCUT2D eigenvalue weighted by atomic mass is 32.3. The Bertz CT molecular complexity index is 1200. The van der Waals surface area contributed by atoms with E-state index in [4.69, 9.17) is 9.47 Å². The summed E-state index contributed by atoms with van der Waals surface area (Å²) in [6.07, 6.45) is 37.9. The lowest BCUT2D eigenvalue weighted by molar-refractivity contribution is -0.298. The van der Waals surface area contributed by atoms with E-state index in [0.29, 0.717) is 6.42 Å². The molecule has 62 heavy (non-hydrogen) atoms. The van der Waals surface area contributed by atoms with E-state index >= 15 is 0 Å². The largest absolute Gasteiger partial charge is 0.397 e. The molecule has 0 aliphatic carbocycles.